The van der Waals surface area contributed by atoms with Gasteiger partial charge in [-0.1, -0.05) is 0 Å². The van der Waals surface area contributed by atoms with E-state index in [0.29, 0.717) is 11.4 Å². The molecule has 0 saturated heterocycles. The van der Waals surface area contributed by atoms with Crippen LogP contribution in [0.3, 0.4) is 0 Å². The molecule has 1 rings (SSSR count). The lowest BCUT2D eigenvalue weighted by Gasteiger charge is -1.99. The van der Waals surface area contributed by atoms with Crippen molar-refractivity contribution in [1.29, 1.82) is 0 Å². The van der Waals surface area contributed by atoms with E-state index in [4.69, 9.17) is 5.73 Å². The summed E-state index contributed by atoms with van der Waals surface area (Å²) in [6, 6.07) is 0. The number of aliphatic imine (C=N–C) groups is 1. The second kappa shape index (κ2) is 3.09. The molecule has 0 spiro atoms. The van der Waals surface area contributed by atoms with E-state index in [1.54, 1.807) is 13.3 Å². The molecule has 1 heterocycles. The van der Waals surface area contributed by atoms with E-state index in [2.05, 4.69) is 15.0 Å². The van der Waals surface area contributed by atoms with Crippen molar-refractivity contribution in [2.24, 2.45) is 4.99 Å². The molecule has 1 aromatic rings. The lowest BCUT2D eigenvalue weighted by Crippen LogP contribution is -2.01. The number of nitrogens with two attached hydrogens (primary N) is 1. The van der Waals surface area contributed by atoms with Crippen molar-refractivity contribution in [2.75, 3.05) is 12.8 Å². The number of nitrogen functional groups attached to an aromatic ring is 1. The molecule has 58 valence electrons. The Morgan fingerprint density at radius 1 is 1.55 bits per heavy atom. The lowest BCUT2D eigenvalue weighted by atomic mass is 10.3. The Morgan fingerprint density at radius 3 is 2.91 bits per heavy atom. The number of aromatic nitrogens is 2. The third-order valence-corrected chi connectivity index (χ3v) is 1.37. The van der Waals surface area contributed by atoms with Crippen LogP contribution >= 0.6 is 0 Å². The Hall–Kier alpha value is -1.45. The van der Waals surface area contributed by atoms with Crippen LogP contribution in [0.5, 0.6) is 0 Å². The summed E-state index contributed by atoms with van der Waals surface area (Å²) in [5, 5.41) is 0. The zero-order valence-electron chi connectivity index (χ0n) is 6.57. The van der Waals surface area contributed by atoms with E-state index >= 15 is 0 Å². The van der Waals surface area contributed by atoms with Crippen molar-refractivity contribution in [3.05, 3.63) is 17.7 Å². The van der Waals surface area contributed by atoms with Crippen LogP contribution in [-0.2, 0) is 0 Å². The average Bonchev–Trinajstić information content (AvgIpc) is 1.99. The van der Waals surface area contributed by atoms with Crippen LogP contribution in [0.4, 0.5) is 5.69 Å². The highest BCUT2D eigenvalue weighted by Gasteiger charge is 1.99. The van der Waals surface area contributed by atoms with Crippen molar-refractivity contribution in [1.82, 2.24) is 9.97 Å². The number of aryl methyl sites for hydroxylation is 1. The van der Waals surface area contributed by atoms with Gasteiger partial charge in [0.25, 0.3) is 0 Å². The van der Waals surface area contributed by atoms with Crippen molar-refractivity contribution in [2.45, 2.75) is 6.92 Å². The summed E-state index contributed by atoms with van der Waals surface area (Å²) in [4.78, 5) is 11.7. The highest BCUT2D eigenvalue weighted by molar-refractivity contribution is 5.84. The molecular formula is C7H10N4. The zero-order valence-corrected chi connectivity index (χ0v) is 6.57. The fourth-order valence-electron chi connectivity index (χ4n) is 0.727. The molecule has 4 nitrogen and oxygen atoms in total. The summed E-state index contributed by atoms with van der Waals surface area (Å²) in [5.41, 5.74) is 7.72. The fourth-order valence-corrected chi connectivity index (χ4v) is 0.727. The summed E-state index contributed by atoms with van der Waals surface area (Å²) >= 11 is 0. The predicted octanol–water partition coefficient (Wildman–Crippen LogP) is 0.416. The molecule has 4 heteroatoms. The largest absolute Gasteiger partial charge is 0.395 e. The van der Waals surface area contributed by atoms with Gasteiger partial charge in [0.1, 0.15) is 12.0 Å². The summed E-state index contributed by atoms with van der Waals surface area (Å²) < 4.78 is 0. The SMILES string of the molecule is CN=Cc1ncnc(C)c1N. The minimum Gasteiger partial charge on any atom is -0.395 e. The Morgan fingerprint density at radius 2 is 2.27 bits per heavy atom. The average molecular weight is 150 g/mol. The van der Waals surface area contributed by atoms with E-state index in [9.17, 15) is 0 Å². The molecule has 0 aliphatic rings. The van der Waals surface area contributed by atoms with Crippen molar-refractivity contribution in [3.8, 4) is 0 Å². The van der Waals surface area contributed by atoms with Gasteiger partial charge in [0, 0.05) is 13.3 Å². The molecule has 0 bridgehead atoms. The molecule has 0 aliphatic carbocycles. The lowest BCUT2D eigenvalue weighted by molar-refractivity contribution is 1.10. The standard InChI is InChI=1S/C7H10N4/c1-5-7(8)6(3-9-2)11-4-10-5/h3-4H,8H2,1-2H3. The van der Waals surface area contributed by atoms with Crippen molar-refractivity contribution < 1.29 is 0 Å². The summed E-state index contributed by atoms with van der Waals surface area (Å²) in [6.07, 6.45) is 3.09. The van der Waals surface area contributed by atoms with E-state index in [0.717, 1.165) is 5.69 Å². The molecule has 11 heavy (non-hydrogen) atoms. The normalized spacial score (nSPS) is 10.7. The van der Waals surface area contributed by atoms with E-state index < -0.39 is 0 Å². The maximum absolute atomic E-state index is 5.65. The van der Waals surface area contributed by atoms with Gasteiger partial charge in [0.15, 0.2) is 0 Å². The molecule has 2 N–H and O–H groups in total. The first-order valence-corrected chi connectivity index (χ1v) is 3.25. The maximum Gasteiger partial charge on any atom is 0.116 e. The van der Waals surface area contributed by atoms with Gasteiger partial charge in [-0.2, -0.15) is 0 Å². The number of hydrogen-bond acceptors (Lipinski definition) is 4. The van der Waals surface area contributed by atoms with Crippen LogP contribution < -0.4 is 5.73 Å². The zero-order chi connectivity index (χ0) is 8.27. The summed E-state index contributed by atoms with van der Waals surface area (Å²) in [7, 11) is 1.68. The monoisotopic (exact) mass is 150 g/mol. The minimum atomic E-state index is 0.595. The molecule has 0 amide bonds. The Balaban J connectivity index is 3.16. The van der Waals surface area contributed by atoms with Crippen molar-refractivity contribution in [3.63, 3.8) is 0 Å². The summed E-state index contributed by atoms with van der Waals surface area (Å²) in [5.74, 6) is 0. The second-order valence-electron chi connectivity index (χ2n) is 2.15. The number of hydrogen-bond donors (Lipinski definition) is 1. The topological polar surface area (TPSA) is 64.2 Å². The van der Waals surface area contributed by atoms with Gasteiger partial charge in [-0.05, 0) is 6.92 Å². The Kier molecular flexibility index (Phi) is 2.15. The minimum absolute atomic E-state index is 0.595. The van der Waals surface area contributed by atoms with Crippen LogP contribution in [0.25, 0.3) is 0 Å². The second-order valence-corrected chi connectivity index (χ2v) is 2.15. The van der Waals surface area contributed by atoms with Gasteiger partial charge < -0.3 is 5.73 Å². The maximum atomic E-state index is 5.65. The summed E-state index contributed by atoms with van der Waals surface area (Å²) in [6.45, 7) is 1.84. The van der Waals surface area contributed by atoms with Gasteiger partial charge in [-0.3, -0.25) is 4.99 Å². The Labute approximate surface area is 65.2 Å². The Bertz CT molecular complexity index is 280. The van der Waals surface area contributed by atoms with Gasteiger partial charge in [-0.15, -0.1) is 0 Å². The van der Waals surface area contributed by atoms with Crippen LogP contribution in [0.15, 0.2) is 11.3 Å². The highest BCUT2D eigenvalue weighted by Crippen LogP contribution is 2.07. The van der Waals surface area contributed by atoms with Crippen LogP contribution in [0, 0.1) is 6.92 Å². The van der Waals surface area contributed by atoms with E-state index in [-0.39, 0.29) is 0 Å². The molecule has 0 saturated carbocycles. The third kappa shape index (κ3) is 1.52. The van der Waals surface area contributed by atoms with E-state index in [1.807, 2.05) is 6.92 Å². The van der Waals surface area contributed by atoms with Crippen molar-refractivity contribution >= 4 is 11.9 Å². The number of rotatable bonds is 1. The number of anilines is 1. The first kappa shape index (κ1) is 7.65. The molecule has 0 atom stereocenters. The van der Waals surface area contributed by atoms with Crippen LogP contribution in [0.2, 0.25) is 0 Å². The first-order valence-electron chi connectivity index (χ1n) is 3.25. The van der Waals surface area contributed by atoms with Crippen LogP contribution in [0.1, 0.15) is 11.4 Å². The molecule has 0 radical (unpaired) electrons. The smallest absolute Gasteiger partial charge is 0.116 e. The quantitative estimate of drug-likeness (QED) is 0.590. The van der Waals surface area contributed by atoms with Gasteiger partial charge in [0.05, 0.1) is 11.4 Å². The van der Waals surface area contributed by atoms with Gasteiger partial charge >= 0.3 is 0 Å². The molecule has 1 aromatic heterocycles. The third-order valence-electron chi connectivity index (χ3n) is 1.37. The van der Waals surface area contributed by atoms with Gasteiger partial charge in [-0.25, -0.2) is 9.97 Å². The molecule has 0 unspecified atom stereocenters. The van der Waals surface area contributed by atoms with Gasteiger partial charge in [0.2, 0.25) is 0 Å². The fraction of sp³-hybridized carbons (Fsp3) is 0.286. The van der Waals surface area contributed by atoms with Crippen LogP contribution in [-0.4, -0.2) is 23.2 Å². The first-order chi connectivity index (χ1) is 5.25. The highest BCUT2D eigenvalue weighted by atomic mass is 14.9. The molecule has 0 aliphatic heterocycles. The predicted molar refractivity (Wildman–Crippen MR) is 44.7 cm³/mol. The van der Waals surface area contributed by atoms with E-state index in [1.165, 1.54) is 6.33 Å². The molecule has 0 aromatic carbocycles. The number of nitrogens with zero attached hydrogens (tertiary/aromatic N) is 3. The molecule has 0 fully saturated rings. The molecular weight excluding hydrogens is 140 g/mol.